The SMILES string of the molecule is O=C(O)c1cccc(C#Cc2ccc(C34CC5CC(CC(C5)C3)C4)cc2)c1. The van der Waals surface area contributed by atoms with Crippen molar-refractivity contribution in [1.29, 1.82) is 0 Å². The van der Waals surface area contributed by atoms with E-state index in [0.29, 0.717) is 5.41 Å². The summed E-state index contributed by atoms with van der Waals surface area (Å²) in [6.45, 7) is 0. The maximum absolute atomic E-state index is 11.1. The Balaban J connectivity index is 1.37. The number of rotatable bonds is 2. The number of benzene rings is 2. The molecular weight excluding hydrogens is 332 g/mol. The van der Waals surface area contributed by atoms with Gasteiger partial charge in [0.25, 0.3) is 0 Å². The van der Waals surface area contributed by atoms with Crippen LogP contribution in [0.2, 0.25) is 0 Å². The van der Waals surface area contributed by atoms with Crippen LogP contribution in [0.5, 0.6) is 0 Å². The van der Waals surface area contributed by atoms with Crippen LogP contribution in [0.4, 0.5) is 0 Å². The molecule has 0 unspecified atom stereocenters. The van der Waals surface area contributed by atoms with Gasteiger partial charge in [-0.25, -0.2) is 4.79 Å². The van der Waals surface area contributed by atoms with Gasteiger partial charge in [-0.1, -0.05) is 30.0 Å². The van der Waals surface area contributed by atoms with Crippen molar-refractivity contribution < 1.29 is 9.90 Å². The molecule has 0 saturated heterocycles. The number of carboxylic acids is 1. The van der Waals surface area contributed by atoms with Crippen LogP contribution in [0.1, 0.15) is 65.6 Å². The maximum atomic E-state index is 11.1. The van der Waals surface area contributed by atoms with Gasteiger partial charge in [-0.3, -0.25) is 0 Å². The lowest BCUT2D eigenvalue weighted by atomic mass is 9.48. The maximum Gasteiger partial charge on any atom is 0.335 e. The third-order valence-corrected chi connectivity index (χ3v) is 7.00. The van der Waals surface area contributed by atoms with Gasteiger partial charge in [-0.05, 0) is 97.6 Å². The van der Waals surface area contributed by atoms with Gasteiger partial charge in [0.2, 0.25) is 0 Å². The number of carbonyl (C=O) groups is 1. The second kappa shape index (κ2) is 6.27. The van der Waals surface area contributed by atoms with Crippen LogP contribution in [-0.2, 0) is 5.41 Å². The third kappa shape index (κ3) is 3.06. The van der Waals surface area contributed by atoms with Crippen molar-refractivity contribution in [3.63, 3.8) is 0 Å². The number of aromatic carboxylic acids is 1. The molecule has 2 heteroatoms. The highest BCUT2D eigenvalue weighted by Crippen LogP contribution is 2.60. The van der Waals surface area contributed by atoms with E-state index in [0.717, 1.165) is 28.9 Å². The van der Waals surface area contributed by atoms with Crippen LogP contribution in [0, 0.1) is 29.6 Å². The topological polar surface area (TPSA) is 37.3 Å². The number of hydrogen-bond acceptors (Lipinski definition) is 1. The summed E-state index contributed by atoms with van der Waals surface area (Å²) < 4.78 is 0. The predicted octanol–water partition coefficient (Wildman–Crippen LogP) is 5.25. The Kier molecular flexibility index (Phi) is 3.86. The molecule has 4 aliphatic carbocycles. The molecule has 0 atom stereocenters. The Morgan fingerprint density at radius 1 is 0.852 bits per heavy atom. The van der Waals surface area contributed by atoms with E-state index in [4.69, 9.17) is 5.11 Å². The molecule has 0 radical (unpaired) electrons. The fourth-order valence-corrected chi connectivity index (χ4v) is 6.25. The van der Waals surface area contributed by atoms with E-state index in [1.54, 1.807) is 18.2 Å². The fraction of sp³-hybridized carbons (Fsp3) is 0.400. The first-order valence-corrected chi connectivity index (χ1v) is 10.1. The summed E-state index contributed by atoms with van der Waals surface area (Å²) in [5, 5.41) is 9.09. The first kappa shape index (κ1) is 16.6. The molecule has 0 heterocycles. The molecule has 4 fully saturated rings. The highest BCUT2D eigenvalue weighted by atomic mass is 16.4. The van der Waals surface area contributed by atoms with Gasteiger partial charge in [0.1, 0.15) is 0 Å². The second-order valence-corrected chi connectivity index (χ2v) is 8.91. The normalized spacial score (nSPS) is 30.6. The summed E-state index contributed by atoms with van der Waals surface area (Å²) >= 11 is 0. The van der Waals surface area contributed by atoms with Crippen LogP contribution in [-0.4, -0.2) is 11.1 Å². The molecule has 27 heavy (non-hydrogen) atoms. The summed E-state index contributed by atoms with van der Waals surface area (Å²) in [5.74, 6) is 8.23. The van der Waals surface area contributed by atoms with Crippen molar-refractivity contribution in [2.24, 2.45) is 17.8 Å². The quantitative estimate of drug-likeness (QED) is 0.746. The van der Waals surface area contributed by atoms with Crippen LogP contribution < -0.4 is 0 Å². The molecule has 4 bridgehead atoms. The highest BCUT2D eigenvalue weighted by molar-refractivity contribution is 5.88. The lowest BCUT2D eigenvalue weighted by Gasteiger charge is -2.57. The van der Waals surface area contributed by atoms with Gasteiger partial charge < -0.3 is 5.11 Å². The van der Waals surface area contributed by atoms with Gasteiger partial charge in [-0.15, -0.1) is 0 Å². The second-order valence-electron chi connectivity index (χ2n) is 8.91. The van der Waals surface area contributed by atoms with E-state index >= 15 is 0 Å². The molecular formula is C25H24O2. The van der Waals surface area contributed by atoms with Crippen LogP contribution in [0.3, 0.4) is 0 Å². The lowest BCUT2D eigenvalue weighted by Crippen LogP contribution is -2.48. The third-order valence-electron chi connectivity index (χ3n) is 7.00. The Labute approximate surface area is 160 Å². The summed E-state index contributed by atoms with van der Waals surface area (Å²) in [7, 11) is 0. The molecule has 2 aromatic carbocycles. The van der Waals surface area contributed by atoms with E-state index in [9.17, 15) is 4.79 Å². The van der Waals surface area contributed by atoms with Gasteiger partial charge in [0, 0.05) is 11.1 Å². The minimum Gasteiger partial charge on any atom is -0.478 e. The van der Waals surface area contributed by atoms with Crippen molar-refractivity contribution in [3.8, 4) is 11.8 Å². The van der Waals surface area contributed by atoms with Gasteiger partial charge in [-0.2, -0.15) is 0 Å². The zero-order valence-electron chi connectivity index (χ0n) is 15.4. The highest BCUT2D eigenvalue weighted by Gasteiger charge is 2.51. The van der Waals surface area contributed by atoms with Crippen LogP contribution in [0.25, 0.3) is 0 Å². The summed E-state index contributed by atoms with van der Waals surface area (Å²) in [4.78, 5) is 11.1. The molecule has 4 aliphatic rings. The van der Waals surface area contributed by atoms with Crippen molar-refractivity contribution in [3.05, 3.63) is 70.8 Å². The number of carboxylic acid groups (broad SMARTS) is 1. The predicted molar refractivity (Wildman–Crippen MR) is 106 cm³/mol. The van der Waals surface area contributed by atoms with E-state index in [-0.39, 0.29) is 5.56 Å². The monoisotopic (exact) mass is 356 g/mol. The molecule has 6 rings (SSSR count). The molecule has 4 saturated carbocycles. The molecule has 136 valence electrons. The summed E-state index contributed by atoms with van der Waals surface area (Å²) in [6.07, 6.45) is 8.55. The standard InChI is InChI=1S/C25H24O2/c26-24(27)22-3-1-2-18(13-22)5-4-17-6-8-23(9-7-17)25-14-19-10-20(15-25)12-21(11-19)16-25/h1-3,6-9,13,19-21H,10-12,14-16H2,(H,26,27). The Bertz CT molecular complexity index is 907. The Morgan fingerprint density at radius 3 is 2.04 bits per heavy atom. The molecule has 2 aromatic rings. The molecule has 0 aromatic heterocycles. The molecule has 0 aliphatic heterocycles. The summed E-state index contributed by atoms with van der Waals surface area (Å²) in [6, 6.07) is 15.7. The molecule has 0 amide bonds. The van der Waals surface area contributed by atoms with E-state index < -0.39 is 5.97 Å². The van der Waals surface area contributed by atoms with Gasteiger partial charge in [0.05, 0.1) is 5.56 Å². The fourth-order valence-electron chi connectivity index (χ4n) is 6.25. The lowest BCUT2D eigenvalue weighted by molar-refractivity contribution is -0.00519. The van der Waals surface area contributed by atoms with Gasteiger partial charge in [0.15, 0.2) is 0 Å². The zero-order chi connectivity index (χ0) is 18.4. The van der Waals surface area contributed by atoms with Crippen molar-refractivity contribution in [2.75, 3.05) is 0 Å². The average molecular weight is 356 g/mol. The zero-order valence-corrected chi connectivity index (χ0v) is 15.4. The van der Waals surface area contributed by atoms with Crippen molar-refractivity contribution in [2.45, 2.75) is 43.9 Å². The van der Waals surface area contributed by atoms with E-state index in [2.05, 4.69) is 36.1 Å². The van der Waals surface area contributed by atoms with E-state index in [1.165, 1.54) is 44.1 Å². The molecule has 1 N–H and O–H groups in total. The van der Waals surface area contributed by atoms with Crippen LogP contribution >= 0.6 is 0 Å². The molecule has 2 nitrogen and oxygen atoms in total. The minimum absolute atomic E-state index is 0.277. The Morgan fingerprint density at radius 2 is 1.44 bits per heavy atom. The Hall–Kier alpha value is -2.53. The van der Waals surface area contributed by atoms with Crippen molar-refractivity contribution in [1.82, 2.24) is 0 Å². The van der Waals surface area contributed by atoms with E-state index in [1.807, 2.05) is 6.07 Å². The van der Waals surface area contributed by atoms with Crippen LogP contribution in [0.15, 0.2) is 48.5 Å². The largest absolute Gasteiger partial charge is 0.478 e. The average Bonchev–Trinajstić information content (AvgIpc) is 2.66. The minimum atomic E-state index is -0.918. The summed E-state index contributed by atoms with van der Waals surface area (Å²) in [5.41, 5.74) is 3.94. The number of hydrogen-bond donors (Lipinski definition) is 1. The first-order chi connectivity index (χ1) is 13.1. The smallest absolute Gasteiger partial charge is 0.335 e. The first-order valence-electron chi connectivity index (χ1n) is 10.1. The van der Waals surface area contributed by atoms with Gasteiger partial charge >= 0.3 is 5.97 Å². The van der Waals surface area contributed by atoms with Crippen molar-refractivity contribution >= 4 is 5.97 Å². The molecule has 0 spiro atoms.